The molecule has 0 heterocycles. The summed E-state index contributed by atoms with van der Waals surface area (Å²) in [6.07, 6.45) is -1.15. The summed E-state index contributed by atoms with van der Waals surface area (Å²) in [5.74, 6) is -23.6. The molecule has 0 radical (unpaired) electrons. The van der Waals surface area contributed by atoms with Crippen LogP contribution in [0.4, 0.5) is 11.4 Å². The van der Waals surface area contributed by atoms with Gasteiger partial charge in [0.1, 0.15) is 68.5 Å². The van der Waals surface area contributed by atoms with E-state index < -0.39 is 209 Å². The Bertz CT molecular complexity index is 5180. The quantitative estimate of drug-likeness (QED) is 0.0935. The second-order valence-corrected chi connectivity index (χ2v) is 38.2. The van der Waals surface area contributed by atoms with Crippen molar-refractivity contribution >= 4 is 115 Å². The number of benzene rings is 3. The minimum atomic E-state index is -2.91. The van der Waals surface area contributed by atoms with E-state index in [0.29, 0.717) is 37.9 Å². The first kappa shape index (κ1) is 92.4. The zero-order valence-electron chi connectivity index (χ0n) is 71.3. The summed E-state index contributed by atoms with van der Waals surface area (Å²) in [6.45, 7) is 21.6. The Hall–Kier alpha value is -9.92. The van der Waals surface area contributed by atoms with Crippen LogP contribution < -0.4 is 31.1 Å². The number of rotatable bonds is 11. The largest absolute Gasteiger partial charge is 0.508 e. The molecule has 9 aliphatic carbocycles. The lowest BCUT2D eigenvalue weighted by molar-refractivity contribution is -0.169. The average Bonchev–Trinajstić information content (AvgIpc) is 0.680. The molecule has 17 N–H and O–H groups in total. The number of fused-ring (bicyclic) bond motifs is 9. The van der Waals surface area contributed by atoms with Gasteiger partial charge in [-0.2, -0.15) is 0 Å². The van der Waals surface area contributed by atoms with Crippen molar-refractivity contribution in [3.05, 3.63) is 123 Å². The molecule has 12 rings (SSSR count). The van der Waals surface area contributed by atoms with E-state index in [9.17, 15) is 119 Å². The lowest BCUT2D eigenvalue weighted by Gasteiger charge is -2.54. The van der Waals surface area contributed by atoms with E-state index in [4.69, 9.17) is 0 Å². The normalized spacial score (nSPS) is 27.7. The van der Waals surface area contributed by atoms with Crippen LogP contribution in [0.1, 0.15) is 146 Å². The van der Waals surface area contributed by atoms with Gasteiger partial charge >= 0.3 is 0 Å². The van der Waals surface area contributed by atoms with Gasteiger partial charge < -0.3 is 86.8 Å². The Morgan fingerprint density at radius 2 is 0.933 bits per heavy atom. The number of likely N-dealkylation sites (N-methyl/N-ethyl adjacent to an activating group) is 3. The number of phenolic OH excluding ortho intramolecular Hbond substituents is 3. The molecule has 0 aliphatic heterocycles. The van der Waals surface area contributed by atoms with Crippen LogP contribution in [0, 0.1) is 44.5 Å². The van der Waals surface area contributed by atoms with Crippen molar-refractivity contribution in [3.8, 4) is 17.2 Å². The number of aliphatic hydroxyl groups excluding tert-OH is 7. The number of nitrogens with zero attached hydrogens (tertiary/aromatic N) is 5. The van der Waals surface area contributed by atoms with Crippen molar-refractivity contribution in [1.29, 1.82) is 0 Å². The lowest BCUT2D eigenvalue weighted by Crippen LogP contribution is -2.70. The summed E-state index contributed by atoms with van der Waals surface area (Å²) in [5, 5.41) is 159. The number of phenols is 3. The van der Waals surface area contributed by atoms with Gasteiger partial charge in [0.25, 0.3) is 17.7 Å². The minimum absolute atomic E-state index is 0.00382. The van der Waals surface area contributed by atoms with E-state index in [1.54, 1.807) is 72.9 Å². The van der Waals surface area contributed by atoms with Crippen LogP contribution in [-0.4, -0.2) is 269 Å². The zero-order valence-corrected chi connectivity index (χ0v) is 73.5. The number of hydrogen-bond donors (Lipinski definition) is 17. The van der Waals surface area contributed by atoms with Gasteiger partial charge in [-0.25, -0.2) is 0 Å². The number of aliphatic hydroxyl groups is 10. The molecule has 9 aliphatic rings. The van der Waals surface area contributed by atoms with Crippen molar-refractivity contribution in [2.24, 2.45) is 40.9 Å². The SMILES string of the molecule is CC(=O)NC(=O)C1=C(O)[C@@]2(O)C(=O)C3=C(O)c4c(O)c(CNCC(C)(C)C)cc(N(C)C)c4C[C@H]3C[C@H]2[C@H](N(C)C)C1=O.CC(=O)NC(=O)C1=C(O)[C@@]2(O)C(=O)C3=C(O)c4c(O)ccc(N(C)C)c4C[C@H]3C[C@H]2[C@H](N(C)C)C1=O.C[C@H]1c2c(I)cc(C(C)(C)C)c(O)c2C(O)=C2C(=O)[C@]3(O)C(O)=C(C(=O)NC(C)(C)C)C(=O)[C@@H](N(C)C)[C@@H]3[C@@H](O)[C@@H]21. The average molecular weight is 1780 g/mol. The van der Waals surface area contributed by atoms with Gasteiger partial charge in [-0.3, -0.25) is 78.1 Å². The van der Waals surface area contributed by atoms with Crippen LogP contribution in [0.5, 0.6) is 17.2 Å². The number of carbonyl (C=O) groups excluding carboxylic acids is 11. The topological polar surface area (TPSA) is 515 Å². The highest BCUT2D eigenvalue weighted by atomic mass is 127. The van der Waals surface area contributed by atoms with Crippen LogP contribution in [-0.2, 0) is 77.5 Å². The van der Waals surface area contributed by atoms with E-state index in [2.05, 4.69) is 54.0 Å². The minimum Gasteiger partial charge on any atom is -0.508 e. The molecule has 14 atom stereocenters. The van der Waals surface area contributed by atoms with E-state index in [-0.39, 0.29) is 88.3 Å². The molecule has 34 heteroatoms. The van der Waals surface area contributed by atoms with E-state index in [0.717, 1.165) is 25.2 Å². The molecular weight excluding hydrogens is 1670 g/mol. The number of carbonyl (C=O) groups is 11. The third kappa shape index (κ3) is 15.0. The van der Waals surface area contributed by atoms with Crippen molar-refractivity contribution in [3.63, 3.8) is 0 Å². The lowest BCUT2D eigenvalue weighted by atomic mass is 9.54. The van der Waals surface area contributed by atoms with Gasteiger partial charge in [-0.1, -0.05) is 48.5 Å². The molecule has 3 fully saturated rings. The Balaban J connectivity index is 0.000000190. The Morgan fingerprint density at radius 3 is 1.35 bits per heavy atom. The molecular formula is C86H110IN9O24. The first-order chi connectivity index (χ1) is 55.1. The van der Waals surface area contributed by atoms with Crippen LogP contribution >= 0.6 is 22.6 Å². The van der Waals surface area contributed by atoms with E-state index in [1.807, 2.05) is 56.5 Å². The van der Waals surface area contributed by atoms with Gasteiger partial charge in [-0.05, 0) is 181 Å². The predicted octanol–water partition coefficient (Wildman–Crippen LogP) is 4.38. The number of halogens is 1. The second-order valence-electron chi connectivity index (χ2n) is 37.1. The fourth-order valence-electron chi connectivity index (χ4n) is 19.2. The van der Waals surface area contributed by atoms with Gasteiger partial charge in [0.15, 0.2) is 34.2 Å². The third-order valence-corrected chi connectivity index (χ3v) is 25.2. The summed E-state index contributed by atoms with van der Waals surface area (Å²) in [6, 6.07) is 2.99. The molecule has 0 spiro atoms. The van der Waals surface area contributed by atoms with E-state index >= 15 is 0 Å². The molecule has 0 bridgehead atoms. The maximum atomic E-state index is 14.3. The van der Waals surface area contributed by atoms with Crippen molar-refractivity contribution in [1.82, 2.24) is 36.0 Å². The van der Waals surface area contributed by atoms with Gasteiger partial charge in [0, 0.05) is 121 Å². The first-order valence-electron chi connectivity index (χ1n) is 39.2. The first-order valence-corrected chi connectivity index (χ1v) is 40.2. The monoisotopic (exact) mass is 1780 g/mol. The third-order valence-electron chi connectivity index (χ3n) is 24.3. The molecule has 5 amide bonds. The highest BCUT2D eigenvalue weighted by Crippen LogP contribution is 2.60. The van der Waals surface area contributed by atoms with Crippen LogP contribution in [0.2, 0.25) is 0 Å². The molecule has 3 saturated carbocycles. The molecule has 33 nitrogen and oxygen atoms in total. The molecule has 650 valence electrons. The fourth-order valence-corrected chi connectivity index (χ4v) is 20.2. The molecule has 3 aromatic carbocycles. The van der Waals surface area contributed by atoms with Gasteiger partial charge in [0.2, 0.25) is 29.2 Å². The summed E-state index contributed by atoms with van der Waals surface area (Å²) < 4.78 is 0.701. The van der Waals surface area contributed by atoms with E-state index in [1.165, 1.54) is 49.0 Å². The van der Waals surface area contributed by atoms with Crippen LogP contribution in [0.25, 0.3) is 17.3 Å². The summed E-state index contributed by atoms with van der Waals surface area (Å²) >= 11 is 2.09. The summed E-state index contributed by atoms with van der Waals surface area (Å²) in [4.78, 5) is 153. The van der Waals surface area contributed by atoms with Crippen molar-refractivity contribution in [2.75, 3.05) is 86.8 Å². The van der Waals surface area contributed by atoms with Crippen LogP contribution in [0.3, 0.4) is 0 Å². The Labute approximate surface area is 708 Å². The number of Topliss-reactive ketones (excluding diaryl/α,β-unsaturated/α-hetero) is 6. The molecule has 0 unspecified atom stereocenters. The molecule has 0 saturated heterocycles. The maximum Gasteiger partial charge on any atom is 0.265 e. The number of hydrogen-bond acceptors (Lipinski definition) is 30. The van der Waals surface area contributed by atoms with Gasteiger partial charge in [0.05, 0.1) is 46.8 Å². The smallest absolute Gasteiger partial charge is 0.265 e. The standard InChI is InChI=1S/C31H42N4O8.C30H39IN2O8.C25H29N3O8/c1-14(36)33-29(42)22-26(39)23(35(7)8)18-10-15-9-17-19(34(5)6)11-16(12-32-13-30(2,3)4)24(37)21(17)25(38)20(15)27(40)31(18,43)28(22)41;1-11-14-13(31)10-12(28(2,3)4)21(34)16(14)22(35)17-15(11)23(36)19-20(33(8)9)24(37)18(27(40)32-29(5,6)7)26(39)30(19,41)25(17)38;1-10(29)26-24(35)18-21(32)19(28(4)5)13-9-11-8-12-14(27(2)3)6-7-15(30)17(12)20(31)16(11)22(33)25(13,36)23(18)34/h11,15,18,23,32,37-38,41,43H,9-10,12-13H2,1-8H3,(H,33,36,42);10-11,15,19-20,23,34-36,39,41H,1-9H3,(H,32,40);6-7,11,13,19,30-31,34,36H,8-9H2,1-5H3,(H,26,29,35)/t15-,18-,23-,31-;11-,15+,19+,20-,23-,30-;11-,13-,19-,25-/m000/s1. The zero-order chi connectivity index (χ0) is 90.5. The predicted molar refractivity (Wildman–Crippen MR) is 448 cm³/mol. The highest BCUT2D eigenvalue weighted by Gasteiger charge is 2.70. The number of anilines is 2. The highest BCUT2D eigenvalue weighted by molar-refractivity contribution is 14.1. The van der Waals surface area contributed by atoms with Crippen molar-refractivity contribution < 1.29 is 119 Å². The van der Waals surface area contributed by atoms with Crippen molar-refractivity contribution in [2.45, 2.75) is 173 Å². The molecule has 0 aromatic heterocycles. The number of nitrogens with one attached hydrogen (secondary N) is 4. The summed E-state index contributed by atoms with van der Waals surface area (Å²) in [7, 11) is 16.5. The molecule has 120 heavy (non-hydrogen) atoms. The number of aromatic hydroxyl groups is 3. The Morgan fingerprint density at radius 1 is 0.525 bits per heavy atom. The van der Waals surface area contributed by atoms with Crippen LogP contribution in [0.15, 0.2) is 75.0 Å². The maximum absolute atomic E-state index is 14.3. The fraction of sp³-hybridized carbons (Fsp3) is 0.523. The number of ketones is 6. The summed E-state index contributed by atoms with van der Waals surface area (Å²) in [5.41, 5.74) is -8.70. The Kier molecular flexibility index (Phi) is 24.7. The second kappa shape index (κ2) is 32.1. The van der Waals surface area contributed by atoms with Gasteiger partial charge in [-0.15, -0.1) is 0 Å². The number of amides is 5. The molecule has 3 aromatic rings. The number of imide groups is 2.